The maximum Gasteiger partial charge on any atom is 0.335 e. The van der Waals surface area contributed by atoms with Crippen LogP contribution in [-0.4, -0.2) is 35.4 Å². The van der Waals surface area contributed by atoms with Gasteiger partial charge in [-0.2, -0.15) is 0 Å². The highest BCUT2D eigenvalue weighted by Crippen LogP contribution is 2.35. The molecule has 1 aliphatic carbocycles. The van der Waals surface area contributed by atoms with E-state index in [0.29, 0.717) is 35.0 Å². The summed E-state index contributed by atoms with van der Waals surface area (Å²) in [5.74, 6) is -0.858. The van der Waals surface area contributed by atoms with Crippen molar-refractivity contribution in [1.82, 2.24) is 10.2 Å². The van der Waals surface area contributed by atoms with E-state index in [1.165, 1.54) is 18.1 Å². The van der Waals surface area contributed by atoms with Crippen molar-refractivity contribution in [2.24, 2.45) is 5.92 Å². The maximum absolute atomic E-state index is 14.4. The molecule has 44 heavy (non-hydrogen) atoms. The topological polar surface area (TPSA) is 69.6 Å². The summed E-state index contributed by atoms with van der Waals surface area (Å²) in [7, 11) is 1.70. The van der Waals surface area contributed by atoms with Crippen molar-refractivity contribution in [3.63, 3.8) is 0 Å². The number of hydrogen-bond acceptors (Lipinski definition) is 4. The molecule has 1 unspecified atom stereocenters. The number of carboxylic acid groups (broad SMARTS) is 1. The fourth-order valence-corrected chi connectivity index (χ4v) is 5.16. The number of likely N-dealkylation sites (N-methyl/N-ethyl adjacent to an activating group) is 1. The highest BCUT2D eigenvalue weighted by atomic mass is 19.1. The molecule has 0 saturated heterocycles. The Kier molecular flexibility index (Phi) is 15.6. The number of Topliss-reactive ketones (excluding diaryl/α,β-unsaturated/α-hetero) is 1. The van der Waals surface area contributed by atoms with Crippen molar-refractivity contribution in [1.29, 1.82) is 0 Å². The molecule has 0 fully saturated rings. The monoisotopic (exact) mass is 604 g/mol. The summed E-state index contributed by atoms with van der Waals surface area (Å²) in [6.45, 7) is 25.5. The normalized spacial score (nSPS) is 15.8. The summed E-state index contributed by atoms with van der Waals surface area (Å²) in [6, 6.07) is 3.71. The van der Waals surface area contributed by atoms with Crippen LogP contribution in [0.15, 0.2) is 95.3 Å². The Labute approximate surface area is 265 Å². The SMILES string of the molecule is C=C(C)/C=C(\C=C/C)CNC(=CCC)C(=C)/C=C(/C(C)=O)N(C)/C(C)=C(/F)C(C)C.Cc1c(C(=O)O)ccc2c1CCC2C. The lowest BCUT2D eigenvalue weighted by molar-refractivity contribution is -0.114. The van der Waals surface area contributed by atoms with Crippen LogP contribution in [0.4, 0.5) is 4.39 Å². The van der Waals surface area contributed by atoms with Gasteiger partial charge in [0.25, 0.3) is 0 Å². The summed E-state index contributed by atoms with van der Waals surface area (Å²) in [5, 5.41) is 12.4. The minimum Gasteiger partial charge on any atom is -0.478 e. The predicted molar refractivity (Wildman–Crippen MR) is 183 cm³/mol. The van der Waals surface area contributed by atoms with Crippen molar-refractivity contribution in [3.05, 3.63) is 118 Å². The zero-order valence-corrected chi connectivity index (χ0v) is 28.5. The molecule has 1 aromatic carbocycles. The molecule has 0 amide bonds. The number of nitrogens with zero attached hydrogens (tertiary/aromatic N) is 1. The second kappa shape index (κ2) is 18.0. The number of fused-ring (bicyclic) bond motifs is 1. The zero-order valence-electron chi connectivity index (χ0n) is 28.5. The first-order valence-electron chi connectivity index (χ1n) is 15.4. The van der Waals surface area contributed by atoms with Crippen LogP contribution in [0, 0.1) is 12.8 Å². The van der Waals surface area contributed by atoms with Gasteiger partial charge < -0.3 is 15.3 Å². The number of carbonyl (C=O) groups is 2. The van der Waals surface area contributed by atoms with Crippen molar-refractivity contribution in [2.45, 2.75) is 87.5 Å². The molecule has 0 aromatic heterocycles. The third-order valence-electron chi connectivity index (χ3n) is 7.66. The molecule has 2 N–H and O–H groups in total. The Morgan fingerprint density at radius 2 is 1.82 bits per heavy atom. The maximum atomic E-state index is 14.4. The fraction of sp³-hybridized carbons (Fsp3) is 0.421. The van der Waals surface area contributed by atoms with Crippen LogP contribution in [0.2, 0.25) is 0 Å². The number of hydrogen-bond donors (Lipinski definition) is 2. The van der Waals surface area contributed by atoms with E-state index in [9.17, 15) is 14.0 Å². The lowest BCUT2D eigenvalue weighted by Crippen LogP contribution is -2.23. The molecule has 0 heterocycles. The van der Waals surface area contributed by atoms with Gasteiger partial charge in [0, 0.05) is 37.8 Å². The van der Waals surface area contributed by atoms with E-state index in [0.717, 1.165) is 41.7 Å². The Bertz CT molecular complexity index is 1390. The van der Waals surface area contributed by atoms with E-state index >= 15 is 0 Å². The molecule has 1 aromatic rings. The van der Waals surface area contributed by atoms with Gasteiger partial charge >= 0.3 is 5.97 Å². The van der Waals surface area contributed by atoms with E-state index in [2.05, 4.69) is 25.4 Å². The highest BCUT2D eigenvalue weighted by Gasteiger charge is 2.23. The van der Waals surface area contributed by atoms with Crippen LogP contribution in [0.1, 0.15) is 101 Å². The Hall–Kier alpha value is -3.93. The number of carboxylic acids is 1. The Morgan fingerprint density at radius 3 is 2.32 bits per heavy atom. The summed E-state index contributed by atoms with van der Waals surface area (Å²) in [4.78, 5) is 24.8. The third-order valence-corrected chi connectivity index (χ3v) is 7.66. The first-order valence-corrected chi connectivity index (χ1v) is 15.4. The minimum atomic E-state index is -0.815. The number of ketones is 1. The van der Waals surface area contributed by atoms with E-state index < -0.39 is 5.97 Å². The number of halogens is 1. The van der Waals surface area contributed by atoms with Crippen LogP contribution in [0.3, 0.4) is 0 Å². The first kappa shape index (κ1) is 38.1. The van der Waals surface area contributed by atoms with Crippen LogP contribution in [0.5, 0.6) is 0 Å². The van der Waals surface area contributed by atoms with E-state index in [4.69, 9.17) is 5.11 Å². The van der Waals surface area contributed by atoms with Crippen molar-refractivity contribution < 1.29 is 19.1 Å². The standard InChI is InChI=1S/C26H39FN2O.C12H14O2/c1-11-13-23(15-18(3)4)17-28-24(14-12-2)20(7)16-25(22(9)30)29(10)21(8)26(27)19(5)6;1-7-3-4-10-8(2)11(12(13)14)6-5-9(7)10/h11,13-16,19,28H,3,7,12,17H2,1-2,4-6,8-10H3;5-7H,3-4H2,1-2H3,(H,13,14)/b13-11-,23-15+,24-14?,25-16-,26-21+;. The second-order valence-electron chi connectivity index (χ2n) is 11.8. The van der Waals surface area contributed by atoms with E-state index in [1.54, 1.807) is 44.9 Å². The van der Waals surface area contributed by atoms with Gasteiger partial charge in [0.2, 0.25) is 0 Å². The molecule has 0 saturated carbocycles. The molecule has 1 aliphatic rings. The summed E-state index contributed by atoms with van der Waals surface area (Å²) in [6.07, 6.45) is 12.8. The quantitative estimate of drug-likeness (QED) is 0.173. The predicted octanol–water partition coefficient (Wildman–Crippen LogP) is 9.51. The molecular formula is C38H53FN2O3. The molecule has 5 nitrogen and oxygen atoms in total. The van der Waals surface area contributed by atoms with Gasteiger partial charge in [0.05, 0.1) is 11.3 Å². The van der Waals surface area contributed by atoms with Gasteiger partial charge in [0.15, 0.2) is 5.78 Å². The van der Waals surface area contributed by atoms with Gasteiger partial charge in [-0.3, -0.25) is 4.79 Å². The summed E-state index contributed by atoms with van der Waals surface area (Å²) >= 11 is 0. The van der Waals surface area contributed by atoms with Crippen molar-refractivity contribution in [3.8, 4) is 0 Å². The van der Waals surface area contributed by atoms with Gasteiger partial charge in [-0.15, -0.1) is 0 Å². The number of carbonyl (C=O) groups excluding carboxylic acids is 1. The molecule has 0 aliphatic heterocycles. The van der Waals surface area contributed by atoms with E-state index in [1.807, 2.05) is 58.1 Å². The summed E-state index contributed by atoms with van der Waals surface area (Å²) < 4.78 is 14.4. The molecule has 1 atom stereocenters. The van der Waals surface area contributed by atoms with Crippen LogP contribution < -0.4 is 5.32 Å². The zero-order chi connectivity index (χ0) is 33.7. The molecule has 0 spiro atoms. The largest absolute Gasteiger partial charge is 0.478 e. The molecule has 0 bridgehead atoms. The Balaban J connectivity index is 0.000000566. The smallest absolute Gasteiger partial charge is 0.335 e. The molecule has 6 heteroatoms. The number of allylic oxidation sites excluding steroid dienone is 8. The van der Waals surface area contributed by atoms with Crippen LogP contribution in [-0.2, 0) is 11.2 Å². The molecule has 240 valence electrons. The van der Waals surface area contributed by atoms with E-state index in [-0.39, 0.29) is 17.5 Å². The van der Waals surface area contributed by atoms with Crippen LogP contribution >= 0.6 is 0 Å². The van der Waals surface area contributed by atoms with Gasteiger partial charge in [-0.1, -0.05) is 76.8 Å². The Morgan fingerprint density at radius 1 is 1.18 bits per heavy atom. The fourth-order valence-electron chi connectivity index (χ4n) is 5.16. The molecular weight excluding hydrogens is 551 g/mol. The average Bonchev–Trinajstić information content (AvgIpc) is 3.33. The summed E-state index contributed by atoms with van der Waals surface area (Å²) in [5.41, 5.74) is 8.40. The minimum absolute atomic E-state index is 0.151. The van der Waals surface area contributed by atoms with Gasteiger partial charge in [-0.25, -0.2) is 9.18 Å². The average molecular weight is 605 g/mol. The number of nitrogens with one attached hydrogen (secondary N) is 1. The molecule has 0 radical (unpaired) electrons. The van der Waals surface area contributed by atoms with Gasteiger partial charge in [-0.05, 0) is 92.9 Å². The van der Waals surface area contributed by atoms with Crippen LogP contribution in [0.25, 0.3) is 0 Å². The first-order chi connectivity index (χ1) is 20.6. The molecule has 2 rings (SSSR count). The van der Waals surface area contributed by atoms with Crippen molar-refractivity contribution >= 4 is 11.8 Å². The lowest BCUT2D eigenvalue weighted by Gasteiger charge is -2.24. The third kappa shape index (κ3) is 11.0. The lowest BCUT2D eigenvalue weighted by atomic mass is 9.96. The number of aromatic carboxylic acids is 1. The number of rotatable bonds is 13. The van der Waals surface area contributed by atoms with Crippen molar-refractivity contribution in [2.75, 3.05) is 13.6 Å². The number of benzene rings is 1. The highest BCUT2D eigenvalue weighted by molar-refractivity contribution is 5.93. The van der Waals surface area contributed by atoms with Gasteiger partial charge in [0.1, 0.15) is 5.83 Å². The second-order valence-corrected chi connectivity index (χ2v) is 11.8.